The Kier molecular flexibility index (Phi) is 4.73. The lowest BCUT2D eigenvalue weighted by molar-refractivity contribution is 0.0697. The number of hydrogen-bond donors (Lipinski definition) is 2. The lowest BCUT2D eigenvalue weighted by Crippen LogP contribution is -2.17. The number of anilines is 2. The van der Waals surface area contributed by atoms with Crippen LogP contribution in [-0.4, -0.2) is 38.6 Å². The second kappa shape index (κ2) is 6.23. The maximum absolute atomic E-state index is 12.2. The minimum absolute atomic E-state index is 0.0856. The number of hydrogen-bond acceptors (Lipinski definition) is 6. The van der Waals surface area contributed by atoms with Crippen molar-refractivity contribution in [2.24, 2.45) is 0 Å². The maximum atomic E-state index is 12.2. The molecule has 7 nitrogen and oxygen atoms in total. The van der Waals surface area contributed by atoms with E-state index < -0.39 is 16.0 Å². The quantitative estimate of drug-likeness (QED) is 0.792. The third-order valence-corrected chi connectivity index (χ3v) is 6.08. The van der Waals surface area contributed by atoms with Crippen LogP contribution in [0.2, 0.25) is 0 Å². The van der Waals surface area contributed by atoms with Crippen LogP contribution in [0, 0.1) is 0 Å². The van der Waals surface area contributed by atoms with Gasteiger partial charge in [-0.3, -0.25) is 4.72 Å². The number of aromatic nitrogens is 1. The van der Waals surface area contributed by atoms with Crippen LogP contribution < -0.4 is 9.62 Å². The van der Waals surface area contributed by atoms with Gasteiger partial charge in [-0.25, -0.2) is 18.2 Å². The van der Waals surface area contributed by atoms with E-state index in [0.29, 0.717) is 3.79 Å². The molecule has 118 valence electrons. The monoisotopic (exact) mass is 405 g/mol. The molecule has 2 N–H and O–H groups in total. The van der Waals surface area contributed by atoms with E-state index in [1.54, 1.807) is 20.2 Å². The summed E-state index contributed by atoms with van der Waals surface area (Å²) in [4.78, 5) is 16.8. The van der Waals surface area contributed by atoms with E-state index in [0.717, 1.165) is 11.3 Å². The Morgan fingerprint density at radius 2 is 2.09 bits per heavy atom. The zero-order chi connectivity index (χ0) is 16.5. The van der Waals surface area contributed by atoms with Gasteiger partial charge >= 0.3 is 5.97 Å². The fourth-order valence-corrected chi connectivity index (χ4v) is 4.72. The van der Waals surface area contributed by atoms with Crippen molar-refractivity contribution in [2.75, 3.05) is 23.7 Å². The first-order valence-electron chi connectivity index (χ1n) is 5.89. The van der Waals surface area contributed by atoms with Crippen LogP contribution in [0.4, 0.5) is 11.5 Å². The summed E-state index contributed by atoms with van der Waals surface area (Å²) in [7, 11) is -0.467. The lowest BCUT2D eigenvalue weighted by atomic mass is 10.2. The molecule has 2 rings (SSSR count). The van der Waals surface area contributed by atoms with E-state index in [-0.39, 0.29) is 21.3 Å². The number of carboxylic acids is 1. The van der Waals surface area contributed by atoms with Crippen molar-refractivity contribution < 1.29 is 18.3 Å². The van der Waals surface area contributed by atoms with Crippen molar-refractivity contribution in [3.05, 3.63) is 33.7 Å². The maximum Gasteiger partial charge on any atom is 0.339 e. The number of nitrogens with one attached hydrogen (secondary N) is 1. The molecule has 0 aromatic carbocycles. The second-order valence-electron chi connectivity index (χ2n) is 4.46. The van der Waals surface area contributed by atoms with Gasteiger partial charge in [0.2, 0.25) is 0 Å². The average Bonchev–Trinajstić information content (AvgIpc) is 2.85. The summed E-state index contributed by atoms with van der Waals surface area (Å²) in [5, 5.41) is 9.21. The molecule has 0 bridgehead atoms. The largest absolute Gasteiger partial charge is 0.478 e. The Bertz CT molecular complexity index is 818. The van der Waals surface area contributed by atoms with Crippen molar-refractivity contribution >= 4 is 54.8 Å². The summed E-state index contributed by atoms with van der Waals surface area (Å²) >= 11 is 4.25. The molecule has 2 heterocycles. The number of carboxylic acid groups (broad SMARTS) is 1. The van der Waals surface area contributed by atoms with E-state index in [4.69, 9.17) is 0 Å². The Balaban J connectivity index is 2.38. The van der Waals surface area contributed by atoms with Gasteiger partial charge in [-0.05, 0) is 34.1 Å². The van der Waals surface area contributed by atoms with Gasteiger partial charge in [0.1, 0.15) is 15.6 Å². The van der Waals surface area contributed by atoms with Crippen LogP contribution in [0.15, 0.2) is 32.4 Å². The van der Waals surface area contributed by atoms with Gasteiger partial charge in [0, 0.05) is 14.1 Å². The highest BCUT2D eigenvalue weighted by atomic mass is 79.9. The molecule has 0 atom stereocenters. The van der Waals surface area contributed by atoms with E-state index >= 15 is 0 Å². The van der Waals surface area contributed by atoms with Gasteiger partial charge in [-0.2, -0.15) is 0 Å². The molecule has 0 unspecified atom stereocenters. The predicted octanol–water partition coefficient (Wildman–Crippen LogP) is 2.47. The fourth-order valence-electron chi connectivity index (χ4n) is 1.67. The highest BCUT2D eigenvalue weighted by molar-refractivity contribution is 9.11. The number of rotatable bonds is 5. The van der Waals surface area contributed by atoms with E-state index in [2.05, 4.69) is 25.6 Å². The summed E-state index contributed by atoms with van der Waals surface area (Å²) in [5.41, 5.74) is 0.00471. The Hall–Kier alpha value is -1.65. The minimum Gasteiger partial charge on any atom is -0.478 e. The van der Waals surface area contributed by atoms with Crippen LogP contribution in [0.5, 0.6) is 0 Å². The van der Waals surface area contributed by atoms with Gasteiger partial charge in [0.05, 0.1) is 15.7 Å². The first kappa shape index (κ1) is 16.7. The smallest absolute Gasteiger partial charge is 0.339 e. The molecule has 0 saturated carbocycles. The molecule has 0 spiro atoms. The summed E-state index contributed by atoms with van der Waals surface area (Å²) < 4.78 is 27.5. The first-order chi connectivity index (χ1) is 10.2. The molecule has 0 aliphatic heterocycles. The third kappa shape index (κ3) is 3.57. The molecule has 0 saturated heterocycles. The molecule has 2 aromatic rings. The lowest BCUT2D eigenvalue weighted by Gasteiger charge is -2.15. The van der Waals surface area contributed by atoms with Crippen LogP contribution >= 0.6 is 27.3 Å². The highest BCUT2D eigenvalue weighted by Gasteiger charge is 2.19. The summed E-state index contributed by atoms with van der Waals surface area (Å²) in [5.74, 6) is -0.939. The van der Waals surface area contributed by atoms with Crippen LogP contribution in [0.1, 0.15) is 10.4 Å². The van der Waals surface area contributed by atoms with E-state index in [1.165, 1.54) is 23.2 Å². The summed E-state index contributed by atoms with van der Waals surface area (Å²) in [6, 6.07) is 4.32. The van der Waals surface area contributed by atoms with Gasteiger partial charge in [0.15, 0.2) is 0 Å². The molecule has 10 heteroatoms. The molecule has 0 aliphatic carbocycles. The topological polar surface area (TPSA) is 99.6 Å². The standard InChI is InChI=1S/C12H12BrN3O4S2/c1-16(2)11-8(12(17)18)5-7(6-14-11)15-22(19,20)10-4-3-9(13)21-10/h3-6,15H,1-2H3,(H,17,18). The molecule has 0 fully saturated rings. The van der Waals surface area contributed by atoms with Crippen molar-refractivity contribution in [3.63, 3.8) is 0 Å². The molecule has 0 radical (unpaired) electrons. The van der Waals surface area contributed by atoms with E-state index in [9.17, 15) is 18.3 Å². The van der Waals surface area contributed by atoms with Crippen LogP contribution in [-0.2, 0) is 10.0 Å². The SMILES string of the molecule is CN(C)c1ncc(NS(=O)(=O)c2ccc(Br)s2)cc1C(=O)O. The number of aromatic carboxylic acids is 1. The number of pyridine rings is 1. The van der Waals surface area contributed by atoms with Gasteiger partial charge in [0.25, 0.3) is 10.0 Å². The zero-order valence-corrected chi connectivity index (χ0v) is 14.8. The first-order valence-corrected chi connectivity index (χ1v) is 8.99. The van der Waals surface area contributed by atoms with Crippen molar-refractivity contribution in [2.45, 2.75) is 4.21 Å². The zero-order valence-electron chi connectivity index (χ0n) is 11.6. The van der Waals surface area contributed by atoms with E-state index in [1.807, 2.05) is 0 Å². The summed E-state index contributed by atoms with van der Waals surface area (Å²) in [6.07, 6.45) is 1.28. The Morgan fingerprint density at radius 3 is 2.59 bits per heavy atom. The molecular formula is C12H12BrN3O4S2. The number of nitrogens with zero attached hydrogens (tertiary/aromatic N) is 2. The van der Waals surface area contributed by atoms with Crippen LogP contribution in [0.3, 0.4) is 0 Å². The Labute approximate surface area is 139 Å². The van der Waals surface area contributed by atoms with Crippen molar-refractivity contribution in [1.82, 2.24) is 4.98 Å². The predicted molar refractivity (Wildman–Crippen MR) is 88.4 cm³/mol. The van der Waals surface area contributed by atoms with Crippen molar-refractivity contribution in [1.29, 1.82) is 0 Å². The highest BCUT2D eigenvalue weighted by Crippen LogP contribution is 2.28. The molecule has 2 aromatic heterocycles. The normalized spacial score (nSPS) is 11.2. The van der Waals surface area contributed by atoms with Gasteiger partial charge in [-0.15, -0.1) is 11.3 Å². The molecule has 0 aliphatic rings. The molecule has 0 amide bonds. The van der Waals surface area contributed by atoms with Crippen molar-refractivity contribution in [3.8, 4) is 0 Å². The fraction of sp³-hybridized carbons (Fsp3) is 0.167. The number of halogens is 1. The summed E-state index contributed by atoms with van der Waals surface area (Å²) in [6.45, 7) is 0. The van der Waals surface area contributed by atoms with Gasteiger partial charge < -0.3 is 10.0 Å². The average molecular weight is 406 g/mol. The molecular weight excluding hydrogens is 394 g/mol. The van der Waals surface area contributed by atoms with Crippen LogP contribution in [0.25, 0.3) is 0 Å². The number of carbonyl (C=O) groups is 1. The minimum atomic E-state index is -3.78. The third-order valence-electron chi connectivity index (χ3n) is 2.59. The Morgan fingerprint density at radius 1 is 1.41 bits per heavy atom. The second-order valence-corrected chi connectivity index (χ2v) is 8.83. The van der Waals surface area contributed by atoms with Gasteiger partial charge in [-0.1, -0.05) is 0 Å². The molecule has 22 heavy (non-hydrogen) atoms. The number of thiophene rings is 1. The number of sulfonamides is 1.